The number of hydrogen-bond donors (Lipinski definition) is 0. The predicted octanol–water partition coefficient (Wildman–Crippen LogP) is 8.51. The van der Waals surface area contributed by atoms with Gasteiger partial charge in [-0.25, -0.2) is 0 Å². The summed E-state index contributed by atoms with van der Waals surface area (Å²) in [5.74, 6) is 0. The van der Waals surface area contributed by atoms with Gasteiger partial charge < -0.3 is 0 Å². The van der Waals surface area contributed by atoms with Gasteiger partial charge in [-0.1, -0.05) is 33.7 Å². The molecule has 0 N–H and O–H groups in total. The molecule has 0 heterocycles. The highest BCUT2D eigenvalue weighted by molar-refractivity contribution is 8.10. The molecule has 0 spiro atoms. The molecule has 15 heteroatoms. The van der Waals surface area contributed by atoms with Crippen molar-refractivity contribution in [3.05, 3.63) is 0 Å². The summed E-state index contributed by atoms with van der Waals surface area (Å²) in [5.41, 5.74) is 0. The molecule has 0 saturated carbocycles. The summed E-state index contributed by atoms with van der Waals surface area (Å²) in [4.78, 5) is 0. The van der Waals surface area contributed by atoms with Gasteiger partial charge in [0.1, 0.15) is 0 Å². The lowest BCUT2D eigenvalue weighted by molar-refractivity contribution is 1.08. The first kappa shape index (κ1) is 18.6. The Kier molecular flexibility index (Phi) is 11.8. The Hall–Kier alpha value is 3.63. The van der Waals surface area contributed by atoms with Gasteiger partial charge in [-0.05, 0) is 39.3 Å². The van der Waals surface area contributed by atoms with Gasteiger partial charge in [0.05, 0.1) is 0 Å². The van der Waals surface area contributed by atoms with Gasteiger partial charge in [0.2, 0.25) is 22.5 Å². The van der Waals surface area contributed by atoms with Gasteiger partial charge in [0, 0.05) is 0 Å². The molecule has 0 aliphatic carbocycles. The zero-order chi connectivity index (χ0) is 12.2. The van der Waals surface area contributed by atoms with Crippen molar-refractivity contribution in [2.75, 3.05) is 0 Å². The van der Waals surface area contributed by atoms with Crippen LogP contribution in [0.25, 0.3) is 0 Å². The quantitative estimate of drug-likeness (QED) is 0.309. The lowest BCUT2D eigenvalue weighted by atomic mass is 13.8. The zero-order valence-electron chi connectivity index (χ0n) is 6.15. The van der Waals surface area contributed by atoms with Crippen LogP contribution in [0, 0.1) is 0 Å². The number of halogens is 8. The standard InChI is InChI=1S/Cl8N3P4/c1-10(13(5)6)15(8)11(2)14(7)9-12(3)4/q+1. The molecule has 2 atom stereocenters. The zero-order valence-corrected chi connectivity index (χ0v) is 15.8. The van der Waals surface area contributed by atoms with Crippen LogP contribution in [0.2, 0.25) is 0 Å². The van der Waals surface area contributed by atoms with Crippen LogP contribution in [0.1, 0.15) is 0 Å². The maximum atomic E-state index is 5.85. The SMILES string of the molecule is ClN(P(Cl)Cl)P(Cl)N(Cl)P(Cl)N=[P+](Cl)Cl. The van der Waals surface area contributed by atoms with Crippen LogP contribution < -0.4 is 0 Å². The van der Waals surface area contributed by atoms with Crippen molar-refractivity contribution in [1.29, 1.82) is 0 Å². The van der Waals surface area contributed by atoms with Gasteiger partial charge in [-0.3, -0.25) is 0 Å². The summed E-state index contributed by atoms with van der Waals surface area (Å²) >= 11 is 45.0. The van der Waals surface area contributed by atoms with E-state index in [1.807, 2.05) is 0 Å². The van der Waals surface area contributed by atoms with Crippen molar-refractivity contribution in [2.45, 2.75) is 0 Å². The minimum absolute atomic E-state index is 0.973. The summed E-state index contributed by atoms with van der Waals surface area (Å²) in [6.45, 7) is -1.62. The summed E-state index contributed by atoms with van der Waals surface area (Å²) < 4.78 is 5.70. The third-order valence-corrected chi connectivity index (χ3v) is 13.5. The number of rotatable bonds is 5. The molecule has 0 aromatic rings. The molecule has 0 saturated heterocycles. The van der Waals surface area contributed by atoms with E-state index in [4.69, 9.17) is 91.0 Å². The fourth-order valence-corrected chi connectivity index (χ4v) is 10.3. The van der Waals surface area contributed by atoms with E-state index in [-0.39, 0.29) is 0 Å². The molecule has 0 rings (SSSR count). The summed E-state index contributed by atoms with van der Waals surface area (Å²) in [6.07, 6.45) is -1.56. The van der Waals surface area contributed by atoms with E-state index in [1.165, 1.54) is 0 Å². The van der Waals surface area contributed by atoms with Crippen molar-refractivity contribution >= 4 is 119 Å². The molecule has 3 nitrogen and oxygen atoms in total. The van der Waals surface area contributed by atoms with Crippen LogP contribution in [0.5, 0.6) is 0 Å². The first-order valence-electron chi connectivity index (χ1n) is 2.55. The molecule has 0 aliphatic heterocycles. The molecule has 0 radical (unpaired) electrons. The molecular formula is Cl8N3P4+. The van der Waals surface area contributed by atoms with Crippen LogP contribution >= 0.6 is 119 Å². The first-order chi connectivity index (χ1) is 6.77. The monoisotopic (exact) mass is 446 g/mol. The van der Waals surface area contributed by atoms with Crippen LogP contribution in [-0.4, -0.2) is 7.92 Å². The summed E-state index contributed by atoms with van der Waals surface area (Å²) in [6, 6.07) is 0. The topological polar surface area (TPSA) is 18.8 Å². The minimum atomic E-state index is -1.68. The molecular weight excluding hydrogens is 450 g/mol. The van der Waals surface area contributed by atoms with Crippen LogP contribution in [-0.2, 0) is 0 Å². The van der Waals surface area contributed by atoms with Gasteiger partial charge in [-0.15, -0.1) is 7.92 Å². The molecule has 0 bridgehead atoms. The lowest BCUT2D eigenvalue weighted by Gasteiger charge is -2.24. The average molecular weight is 450 g/mol. The maximum absolute atomic E-state index is 5.85. The smallest absolute Gasteiger partial charge is 0.117 e. The molecule has 0 fully saturated rings. The van der Waals surface area contributed by atoms with Crippen molar-refractivity contribution in [3.8, 4) is 0 Å². The highest BCUT2D eigenvalue weighted by Crippen LogP contribution is 2.74. The largest absolute Gasteiger partial charge is 0.444 e. The molecule has 15 heavy (non-hydrogen) atoms. The number of hydrogen-bond acceptors (Lipinski definition) is 3. The maximum Gasteiger partial charge on any atom is 0.444 e. The van der Waals surface area contributed by atoms with Crippen molar-refractivity contribution in [3.63, 3.8) is 0 Å². The van der Waals surface area contributed by atoms with E-state index in [9.17, 15) is 0 Å². The van der Waals surface area contributed by atoms with E-state index in [0.717, 1.165) is 7.92 Å². The van der Waals surface area contributed by atoms with E-state index >= 15 is 0 Å². The van der Waals surface area contributed by atoms with Crippen LogP contribution in [0.4, 0.5) is 0 Å². The predicted molar refractivity (Wildman–Crippen MR) is 80.6 cm³/mol. The minimum Gasteiger partial charge on any atom is -0.117 e. The molecule has 2 unspecified atom stereocenters. The van der Waals surface area contributed by atoms with E-state index < -0.39 is 28.3 Å². The number of nitrogens with zero attached hydrogens (tertiary/aromatic N) is 3. The molecule has 0 aromatic carbocycles. The van der Waals surface area contributed by atoms with Crippen molar-refractivity contribution < 1.29 is 0 Å². The normalized spacial score (nSPS) is 15.9. The van der Waals surface area contributed by atoms with Crippen LogP contribution in [0.3, 0.4) is 0 Å². The Morgan fingerprint density at radius 3 is 1.73 bits per heavy atom. The Morgan fingerprint density at radius 1 is 0.933 bits per heavy atom. The third-order valence-electron chi connectivity index (χ3n) is 0.675. The van der Waals surface area contributed by atoms with Gasteiger partial charge in [-0.2, -0.15) is 0 Å². The second-order valence-corrected chi connectivity index (χ2v) is 14.6. The van der Waals surface area contributed by atoms with Crippen molar-refractivity contribution in [1.82, 2.24) is 7.92 Å². The molecule has 0 aromatic heterocycles. The highest BCUT2D eigenvalue weighted by Gasteiger charge is 2.33. The highest BCUT2D eigenvalue weighted by atomic mass is 35.9. The Balaban J connectivity index is 4.43. The van der Waals surface area contributed by atoms with Crippen LogP contribution in [0.15, 0.2) is 4.52 Å². The molecule has 0 amide bonds. The summed E-state index contributed by atoms with van der Waals surface area (Å²) in [5, 5.41) is 0. The second kappa shape index (κ2) is 9.52. The lowest BCUT2D eigenvalue weighted by Crippen LogP contribution is -1.99. The fourth-order valence-electron chi connectivity index (χ4n) is 0.266. The first-order valence-corrected chi connectivity index (χ1v) is 13.7. The fraction of sp³-hybridized carbons (Fsp3) is 0. The van der Waals surface area contributed by atoms with Gasteiger partial charge in [0.25, 0.3) is 7.58 Å². The van der Waals surface area contributed by atoms with Crippen molar-refractivity contribution in [2.24, 2.45) is 4.52 Å². The Bertz CT molecular complexity index is 218. The second-order valence-electron chi connectivity index (χ2n) is 1.48. The third kappa shape index (κ3) is 7.71. The average Bonchev–Trinajstić information content (AvgIpc) is 2.13. The molecule has 0 aliphatic rings. The molecule has 90 valence electrons. The Labute approximate surface area is 130 Å². The van der Waals surface area contributed by atoms with E-state index in [0.29, 0.717) is 0 Å². The van der Waals surface area contributed by atoms with Gasteiger partial charge >= 0.3 is 6.42 Å². The Morgan fingerprint density at radius 2 is 1.40 bits per heavy atom. The summed E-state index contributed by atoms with van der Waals surface area (Å²) in [7, 11) is -3.33. The van der Waals surface area contributed by atoms with E-state index in [1.54, 1.807) is 0 Å². The van der Waals surface area contributed by atoms with Gasteiger partial charge in [0.15, 0.2) is 14.4 Å². The van der Waals surface area contributed by atoms with E-state index in [2.05, 4.69) is 4.52 Å².